The number of carbonyl (C=O) groups excluding carboxylic acids is 1. The maximum atomic E-state index is 13.0. The summed E-state index contributed by atoms with van der Waals surface area (Å²) in [5, 5.41) is 0. The summed E-state index contributed by atoms with van der Waals surface area (Å²) in [5.74, 6) is 0.0713. The molecule has 0 bridgehead atoms. The van der Waals surface area contributed by atoms with Gasteiger partial charge in [-0.25, -0.2) is 4.98 Å². The summed E-state index contributed by atoms with van der Waals surface area (Å²) < 4.78 is 0. The van der Waals surface area contributed by atoms with E-state index in [1.807, 2.05) is 38.9 Å². The number of aromatic amines is 1. The quantitative estimate of drug-likeness (QED) is 0.891. The van der Waals surface area contributed by atoms with Crippen molar-refractivity contribution >= 4 is 5.91 Å². The van der Waals surface area contributed by atoms with Crippen molar-refractivity contribution < 1.29 is 4.79 Å². The highest BCUT2D eigenvalue weighted by molar-refractivity contribution is 5.96. The highest BCUT2D eigenvalue weighted by Gasteiger charge is 2.19. The van der Waals surface area contributed by atoms with E-state index in [0.29, 0.717) is 13.1 Å². The van der Waals surface area contributed by atoms with Gasteiger partial charge in [-0.1, -0.05) is 6.07 Å². The number of benzene rings is 1. The van der Waals surface area contributed by atoms with Crippen molar-refractivity contribution in [3.05, 3.63) is 52.6 Å². The largest absolute Gasteiger partial charge is 0.347 e. The van der Waals surface area contributed by atoms with Crippen LogP contribution in [0.4, 0.5) is 0 Å². The lowest BCUT2D eigenvalue weighted by Gasteiger charge is -2.25. The molecule has 1 heterocycles. The molecular weight excluding hydrogens is 288 g/mol. The fraction of sp³-hybridized carbons (Fsp3) is 0.444. The maximum absolute atomic E-state index is 13.0. The highest BCUT2D eigenvalue weighted by Crippen LogP contribution is 2.18. The van der Waals surface area contributed by atoms with Gasteiger partial charge in [-0.15, -0.1) is 0 Å². The van der Waals surface area contributed by atoms with Gasteiger partial charge >= 0.3 is 0 Å². The Bertz CT molecular complexity index is 662. The Morgan fingerprint density at radius 1 is 1.09 bits per heavy atom. The topological polar surface area (TPSA) is 52.2 Å². The van der Waals surface area contributed by atoms with Gasteiger partial charge in [0.15, 0.2) is 0 Å². The van der Waals surface area contributed by atoms with Crippen LogP contribution >= 0.6 is 0 Å². The van der Waals surface area contributed by atoms with Gasteiger partial charge in [-0.3, -0.25) is 4.79 Å². The summed E-state index contributed by atoms with van der Waals surface area (Å²) >= 11 is 0. The molecule has 0 atom stereocenters. The average Bonchev–Trinajstić information content (AvgIpc) is 2.99. The Morgan fingerprint density at radius 2 is 1.78 bits per heavy atom. The monoisotopic (exact) mass is 314 g/mol. The Kier molecular flexibility index (Phi) is 5.55. The van der Waals surface area contributed by atoms with E-state index in [1.165, 1.54) is 5.56 Å². The smallest absolute Gasteiger partial charge is 0.254 e. The Balaban J connectivity index is 2.26. The molecule has 23 heavy (non-hydrogen) atoms. The molecule has 0 aliphatic carbocycles. The van der Waals surface area contributed by atoms with E-state index in [-0.39, 0.29) is 5.91 Å². The van der Waals surface area contributed by atoms with Crippen LogP contribution in [0.25, 0.3) is 0 Å². The second kappa shape index (κ2) is 7.42. The fourth-order valence-electron chi connectivity index (χ4n) is 2.51. The highest BCUT2D eigenvalue weighted by atomic mass is 16.2. The van der Waals surface area contributed by atoms with Crippen LogP contribution in [0.5, 0.6) is 0 Å². The number of imidazole rings is 1. The molecular formula is C18H26N4O. The number of nitrogens with zero attached hydrogens (tertiary/aromatic N) is 3. The molecule has 5 nitrogen and oxygen atoms in total. The first-order valence-electron chi connectivity index (χ1n) is 7.87. The van der Waals surface area contributed by atoms with E-state index in [4.69, 9.17) is 0 Å². The molecule has 1 amide bonds. The fourth-order valence-corrected chi connectivity index (χ4v) is 2.51. The minimum Gasteiger partial charge on any atom is -0.347 e. The van der Waals surface area contributed by atoms with Crippen LogP contribution < -0.4 is 0 Å². The molecule has 1 aromatic carbocycles. The number of nitrogens with one attached hydrogen (secondary N) is 1. The lowest BCUT2D eigenvalue weighted by Crippen LogP contribution is -2.36. The van der Waals surface area contributed by atoms with Gasteiger partial charge in [0.05, 0.1) is 18.6 Å². The molecule has 0 radical (unpaired) electrons. The zero-order valence-electron chi connectivity index (χ0n) is 14.7. The van der Waals surface area contributed by atoms with Crippen molar-refractivity contribution in [3.8, 4) is 0 Å². The molecule has 0 saturated carbocycles. The SMILES string of the molecule is Cc1cc(C)c(C(=O)N(CCN(C)C)Cc2cnc[nH]2)cc1C. The first-order chi connectivity index (χ1) is 10.9. The molecule has 0 aliphatic rings. The molecule has 0 spiro atoms. The van der Waals surface area contributed by atoms with Crippen LogP contribution in [0.15, 0.2) is 24.7 Å². The summed E-state index contributed by atoms with van der Waals surface area (Å²) in [6, 6.07) is 4.09. The van der Waals surface area contributed by atoms with E-state index in [0.717, 1.165) is 28.9 Å². The Morgan fingerprint density at radius 3 is 2.39 bits per heavy atom. The Hall–Kier alpha value is -2.14. The predicted octanol–water partition coefficient (Wildman–Crippen LogP) is 2.54. The number of aryl methyl sites for hydroxylation is 3. The number of likely N-dealkylation sites (N-methyl/N-ethyl adjacent to an activating group) is 1. The number of hydrogen-bond acceptors (Lipinski definition) is 3. The lowest BCUT2D eigenvalue weighted by molar-refractivity contribution is 0.0729. The zero-order chi connectivity index (χ0) is 17.0. The predicted molar refractivity (Wildman–Crippen MR) is 92.5 cm³/mol. The summed E-state index contributed by atoms with van der Waals surface area (Å²) in [7, 11) is 4.03. The van der Waals surface area contributed by atoms with Crippen LogP contribution in [0, 0.1) is 20.8 Å². The molecule has 1 aromatic heterocycles. The minimum absolute atomic E-state index is 0.0713. The molecule has 2 aromatic rings. The standard InChI is InChI=1S/C18H26N4O/c1-13-8-15(3)17(9-14(13)2)18(23)22(7-6-21(4)5)11-16-10-19-12-20-16/h8-10,12H,6-7,11H2,1-5H3,(H,19,20). The third kappa shape index (κ3) is 4.42. The first kappa shape index (κ1) is 17.2. The molecule has 0 fully saturated rings. The van der Waals surface area contributed by atoms with E-state index in [2.05, 4.69) is 27.9 Å². The van der Waals surface area contributed by atoms with Gasteiger partial charge in [-0.2, -0.15) is 0 Å². The van der Waals surface area contributed by atoms with Crippen molar-refractivity contribution in [2.24, 2.45) is 0 Å². The number of H-pyrrole nitrogens is 1. The van der Waals surface area contributed by atoms with Crippen LogP contribution in [-0.2, 0) is 6.54 Å². The maximum Gasteiger partial charge on any atom is 0.254 e. The van der Waals surface area contributed by atoms with Crippen LogP contribution in [0.2, 0.25) is 0 Å². The molecule has 5 heteroatoms. The minimum atomic E-state index is 0.0713. The van der Waals surface area contributed by atoms with E-state index in [1.54, 1.807) is 12.5 Å². The van der Waals surface area contributed by atoms with Gasteiger partial charge in [-0.05, 0) is 57.6 Å². The van der Waals surface area contributed by atoms with Crippen molar-refractivity contribution in [2.75, 3.05) is 27.2 Å². The van der Waals surface area contributed by atoms with Gasteiger partial charge in [0.1, 0.15) is 0 Å². The number of aromatic nitrogens is 2. The number of rotatable bonds is 6. The Labute approximate surface area is 138 Å². The van der Waals surface area contributed by atoms with Gasteiger partial charge in [0.2, 0.25) is 0 Å². The first-order valence-corrected chi connectivity index (χ1v) is 7.87. The van der Waals surface area contributed by atoms with Crippen LogP contribution in [0.1, 0.15) is 32.7 Å². The molecule has 124 valence electrons. The van der Waals surface area contributed by atoms with Crippen molar-refractivity contribution in [1.82, 2.24) is 19.8 Å². The molecule has 0 unspecified atom stereocenters. The van der Waals surface area contributed by atoms with Crippen LogP contribution in [0.3, 0.4) is 0 Å². The van der Waals surface area contributed by atoms with Crippen molar-refractivity contribution in [3.63, 3.8) is 0 Å². The number of amides is 1. The molecule has 0 aliphatic heterocycles. The lowest BCUT2D eigenvalue weighted by atomic mass is 10.00. The summed E-state index contributed by atoms with van der Waals surface area (Å²) in [6.07, 6.45) is 3.41. The molecule has 2 rings (SSSR count). The summed E-state index contributed by atoms with van der Waals surface area (Å²) in [4.78, 5) is 24.1. The summed E-state index contributed by atoms with van der Waals surface area (Å²) in [5.41, 5.74) is 5.11. The third-order valence-corrected chi connectivity index (χ3v) is 4.09. The third-order valence-electron chi connectivity index (χ3n) is 4.09. The second-order valence-corrected chi connectivity index (χ2v) is 6.36. The zero-order valence-corrected chi connectivity index (χ0v) is 14.7. The van der Waals surface area contributed by atoms with E-state index in [9.17, 15) is 4.79 Å². The second-order valence-electron chi connectivity index (χ2n) is 6.36. The summed E-state index contributed by atoms with van der Waals surface area (Å²) in [6.45, 7) is 8.16. The average molecular weight is 314 g/mol. The van der Waals surface area contributed by atoms with Crippen LogP contribution in [-0.4, -0.2) is 52.9 Å². The van der Waals surface area contributed by atoms with Gasteiger partial charge < -0.3 is 14.8 Å². The van der Waals surface area contributed by atoms with E-state index >= 15 is 0 Å². The van der Waals surface area contributed by atoms with Gasteiger partial charge in [0.25, 0.3) is 5.91 Å². The number of hydrogen-bond donors (Lipinski definition) is 1. The van der Waals surface area contributed by atoms with E-state index < -0.39 is 0 Å². The molecule has 0 saturated heterocycles. The molecule has 1 N–H and O–H groups in total. The van der Waals surface area contributed by atoms with Gasteiger partial charge in [0, 0.05) is 24.8 Å². The number of carbonyl (C=O) groups is 1. The van der Waals surface area contributed by atoms with Crippen molar-refractivity contribution in [2.45, 2.75) is 27.3 Å². The normalized spacial score (nSPS) is 11.0. The van der Waals surface area contributed by atoms with Crippen molar-refractivity contribution in [1.29, 1.82) is 0 Å².